The number of imide groups is 1. The highest BCUT2D eigenvalue weighted by Crippen LogP contribution is 2.11. The molecule has 0 aromatic heterocycles. The van der Waals surface area contributed by atoms with Crippen LogP contribution >= 0.6 is 0 Å². The topological polar surface area (TPSA) is 79.5 Å². The molecule has 1 heterocycles. The van der Waals surface area contributed by atoms with Crippen molar-refractivity contribution in [3.63, 3.8) is 0 Å². The van der Waals surface area contributed by atoms with Gasteiger partial charge in [-0.1, -0.05) is 18.2 Å². The molecule has 1 aromatic rings. The number of hydrogen-bond donors (Lipinski definition) is 3. The highest BCUT2D eigenvalue weighted by Gasteiger charge is 2.22. The zero-order chi connectivity index (χ0) is 15.6. The molecule has 0 atom stereocenters. The molecular formula is C16H23N3O3. The van der Waals surface area contributed by atoms with Gasteiger partial charge in [-0.2, -0.15) is 0 Å². The Morgan fingerprint density at radius 1 is 1.18 bits per heavy atom. The predicted octanol–water partition coefficient (Wildman–Crippen LogP) is 1.28. The fraction of sp³-hybridized carbons (Fsp3) is 0.500. The maximum atomic E-state index is 11.9. The summed E-state index contributed by atoms with van der Waals surface area (Å²) in [6, 6.07) is 9.09. The average molecular weight is 305 g/mol. The molecule has 22 heavy (non-hydrogen) atoms. The minimum atomic E-state index is -0.428. The number of piperidine rings is 1. The third kappa shape index (κ3) is 5.73. The van der Waals surface area contributed by atoms with E-state index < -0.39 is 6.03 Å². The number of carbonyl (C=O) groups excluding carboxylic acids is 2. The van der Waals surface area contributed by atoms with Crippen LogP contribution in [-0.2, 0) is 4.79 Å². The van der Waals surface area contributed by atoms with E-state index >= 15 is 0 Å². The maximum absolute atomic E-state index is 11.9. The Bertz CT molecular complexity index is 473. The van der Waals surface area contributed by atoms with E-state index in [1.165, 1.54) is 0 Å². The molecule has 0 radical (unpaired) electrons. The number of para-hydroxylation sites is 1. The van der Waals surface area contributed by atoms with Crippen molar-refractivity contribution in [2.75, 3.05) is 26.2 Å². The van der Waals surface area contributed by atoms with Gasteiger partial charge in [-0.15, -0.1) is 0 Å². The zero-order valence-electron chi connectivity index (χ0n) is 12.6. The molecule has 0 bridgehead atoms. The first-order valence-electron chi connectivity index (χ1n) is 7.73. The molecule has 6 nitrogen and oxygen atoms in total. The van der Waals surface area contributed by atoms with Crippen LogP contribution in [0.5, 0.6) is 5.75 Å². The number of hydrogen-bond acceptors (Lipinski definition) is 4. The largest absolute Gasteiger partial charge is 0.494 e. The van der Waals surface area contributed by atoms with Gasteiger partial charge in [-0.05, 0) is 44.5 Å². The highest BCUT2D eigenvalue weighted by atomic mass is 16.5. The van der Waals surface area contributed by atoms with Gasteiger partial charge in [0.15, 0.2) is 0 Å². The molecule has 1 aliphatic rings. The van der Waals surface area contributed by atoms with Crippen LogP contribution in [0.15, 0.2) is 30.3 Å². The van der Waals surface area contributed by atoms with Crippen LogP contribution in [0.2, 0.25) is 0 Å². The van der Waals surface area contributed by atoms with E-state index in [1.54, 1.807) is 0 Å². The van der Waals surface area contributed by atoms with Crippen LogP contribution in [0.25, 0.3) is 0 Å². The van der Waals surface area contributed by atoms with E-state index in [4.69, 9.17) is 4.74 Å². The lowest BCUT2D eigenvalue weighted by molar-refractivity contribution is -0.124. The number of carbonyl (C=O) groups is 2. The molecule has 3 N–H and O–H groups in total. The summed E-state index contributed by atoms with van der Waals surface area (Å²) in [6.45, 7) is 2.65. The van der Waals surface area contributed by atoms with E-state index in [-0.39, 0.29) is 11.8 Å². The normalized spacial score (nSPS) is 15.1. The van der Waals surface area contributed by atoms with Crippen molar-refractivity contribution >= 4 is 11.9 Å². The van der Waals surface area contributed by atoms with Crippen LogP contribution in [0.1, 0.15) is 19.3 Å². The van der Waals surface area contributed by atoms with Gasteiger partial charge in [0.2, 0.25) is 5.91 Å². The molecule has 2 rings (SSSR count). The van der Waals surface area contributed by atoms with Crippen molar-refractivity contribution < 1.29 is 14.3 Å². The van der Waals surface area contributed by atoms with Crippen molar-refractivity contribution in [1.29, 1.82) is 0 Å². The van der Waals surface area contributed by atoms with Gasteiger partial charge in [0.25, 0.3) is 0 Å². The van der Waals surface area contributed by atoms with Gasteiger partial charge in [-0.3, -0.25) is 10.1 Å². The van der Waals surface area contributed by atoms with Gasteiger partial charge in [0.1, 0.15) is 5.75 Å². The molecule has 0 aliphatic carbocycles. The van der Waals surface area contributed by atoms with E-state index in [2.05, 4.69) is 16.0 Å². The minimum Gasteiger partial charge on any atom is -0.494 e. The highest BCUT2D eigenvalue weighted by molar-refractivity contribution is 5.95. The van der Waals surface area contributed by atoms with Crippen molar-refractivity contribution in [2.24, 2.45) is 5.92 Å². The number of amides is 3. The lowest BCUT2D eigenvalue weighted by Gasteiger charge is -2.21. The number of rotatable bonds is 6. The summed E-state index contributed by atoms with van der Waals surface area (Å²) >= 11 is 0. The Kier molecular flexibility index (Phi) is 6.70. The van der Waals surface area contributed by atoms with Gasteiger partial charge in [-0.25, -0.2) is 4.79 Å². The summed E-state index contributed by atoms with van der Waals surface area (Å²) in [5, 5.41) is 8.26. The molecule has 1 aliphatic heterocycles. The van der Waals surface area contributed by atoms with Crippen LogP contribution < -0.4 is 20.7 Å². The van der Waals surface area contributed by atoms with E-state index in [0.717, 1.165) is 31.7 Å². The monoisotopic (exact) mass is 305 g/mol. The van der Waals surface area contributed by atoms with Crippen molar-refractivity contribution in [3.05, 3.63) is 30.3 Å². The van der Waals surface area contributed by atoms with E-state index in [9.17, 15) is 9.59 Å². The Balaban J connectivity index is 1.54. The summed E-state index contributed by atoms with van der Waals surface area (Å²) in [7, 11) is 0. The van der Waals surface area contributed by atoms with Crippen LogP contribution in [0, 0.1) is 5.92 Å². The molecule has 0 saturated carbocycles. The molecule has 120 valence electrons. The lowest BCUT2D eigenvalue weighted by Crippen LogP contribution is -2.45. The molecule has 0 spiro atoms. The van der Waals surface area contributed by atoms with Gasteiger partial charge in [0.05, 0.1) is 6.61 Å². The molecule has 6 heteroatoms. The predicted molar refractivity (Wildman–Crippen MR) is 83.7 cm³/mol. The summed E-state index contributed by atoms with van der Waals surface area (Å²) in [6.07, 6.45) is 2.25. The van der Waals surface area contributed by atoms with Crippen LogP contribution in [0.4, 0.5) is 4.79 Å². The van der Waals surface area contributed by atoms with Crippen molar-refractivity contribution in [2.45, 2.75) is 19.3 Å². The lowest BCUT2D eigenvalue weighted by atomic mass is 9.97. The number of nitrogens with one attached hydrogen (secondary N) is 3. The van der Waals surface area contributed by atoms with Crippen molar-refractivity contribution in [3.8, 4) is 5.75 Å². The first-order chi connectivity index (χ1) is 10.8. The molecule has 1 saturated heterocycles. The maximum Gasteiger partial charge on any atom is 0.321 e. The smallest absolute Gasteiger partial charge is 0.321 e. The Labute approximate surface area is 130 Å². The Hall–Kier alpha value is -2.08. The number of ether oxygens (including phenoxy) is 1. The summed E-state index contributed by atoms with van der Waals surface area (Å²) in [5.41, 5.74) is 0. The minimum absolute atomic E-state index is 0.0617. The Morgan fingerprint density at radius 2 is 1.91 bits per heavy atom. The van der Waals surface area contributed by atoms with Crippen LogP contribution in [0.3, 0.4) is 0 Å². The molecule has 3 amide bonds. The second-order valence-electron chi connectivity index (χ2n) is 5.28. The summed E-state index contributed by atoms with van der Waals surface area (Å²) in [4.78, 5) is 23.5. The van der Waals surface area contributed by atoms with Crippen molar-refractivity contribution in [1.82, 2.24) is 16.0 Å². The van der Waals surface area contributed by atoms with Gasteiger partial charge >= 0.3 is 6.03 Å². The second-order valence-corrected chi connectivity index (χ2v) is 5.28. The number of benzene rings is 1. The van der Waals surface area contributed by atoms with Gasteiger partial charge in [0, 0.05) is 12.5 Å². The molecular weight excluding hydrogens is 282 g/mol. The SMILES string of the molecule is O=C(NCCCOc1ccccc1)NC(=O)C1CCNCC1. The van der Waals surface area contributed by atoms with Gasteiger partial charge < -0.3 is 15.4 Å². The molecule has 1 aromatic carbocycles. The molecule has 1 fully saturated rings. The quantitative estimate of drug-likeness (QED) is 0.692. The first-order valence-corrected chi connectivity index (χ1v) is 7.73. The third-order valence-electron chi connectivity index (χ3n) is 3.57. The third-order valence-corrected chi connectivity index (χ3v) is 3.57. The standard InChI is InChI=1S/C16H23N3O3/c20-15(13-7-10-17-11-8-13)19-16(21)18-9-4-12-22-14-5-2-1-3-6-14/h1-3,5-6,13,17H,4,7-12H2,(H2,18,19,20,21). The first kappa shape index (κ1) is 16.3. The summed E-state index contributed by atoms with van der Waals surface area (Å²) in [5.74, 6) is 0.570. The summed E-state index contributed by atoms with van der Waals surface area (Å²) < 4.78 is 5.52. The van der Waals surface area contributed by atoms with E-state index in [1.807, 2.05) is 30.3 Å². The Morgan fingerprint density at radius 3 is 2.64 bits per heavy atom. The fourth-order valence-corrected chi connectivity index (χ4v) is 2.32. The van der Waals surface area contributed by atoms with E-state index in [0.29, 0.717) is 19.6 Å². The fourth-order valence-electron chi connectivity index (χ4n) is 2.32. The molecule has 0 unspecified atom stereocenters. The zero-order valence-corrected chi connectivity index (χ0v) is 12.6. The second kappa shape index (κ2) is 9.04. The average Bonchev–Trinajstić information content (AvgIpc) is 2.56. The van der Waals surface area contributed by atoms with Crippen LogP contribution in [-0.4, -0.2) is 38.2 Å². The number of urea groups is 1.